The molecule has 0 amide bonds. The standard InChI is InChI=1S/C20H24N4S2/c1-3-24-18(15-6-4-5-7-15)22-23-20(24)26-13-17-12-25-19(21-17)16-10-8-14(2)9-11-16/h8-12,15H,3-7,13H2,1-2H3. The average molecular weight is 385 g/mol. The molecule has 3 aromatic rings. The summed E-state index contributed by atoms with van der Waals surface area (Å²) in [5.74, 6) is 2.63. The third-order valence-electron chi connectivity index (χ3n) is 4.98. The predicted octanol–water partition coefficient (Wildman–Crippen LogP) is 5.68. The molecule has 26 heavy (non-hydrogen) atoms. The van der Waals surface area contributed by atoms with E-state index in [2.05, 4.69) is 58.3 Å². The number of thiazole rings is 1. The summed E-state index contributed by atoms with van der Waals surface area (Å²) in [6, 6.07) is 8.57. The Balaban J connectivity index is 1.45. The van der Waals surface area contributed by atoms with E-state index in [1.807, 2.05) is 0 Å². The molecule has 1 aliphatic rings. The monoisotopic (exact) mass is 384 g/mol. The normalized spacial score (nSPS) is 15.0. The van der Waals surface area contributed by atoms with Crippen LogP contribution >= 0.6 is 23.1 Å². The van der Waals surface area contributed by atoms with E-state index in [-0.39, 0.29) is 0 Å². The number of thioether (sulfide) groups is 1. The predicted molar refractivity (Wildman–Crippen MR) is 109 cm³/mol. The Morgan fingerprint density at radius 1 is 1.15 bits per heavy atom. The minimum absolute atomic E-state index is 0.601. The van der Waals surface area contributed by atoms with Crippen molar-refractivity contribution in [2.75, 3.05) is 0 Å². The van der Waals surface area contributed by atoms with Crippen LogP contribution in [0.3, 0.4) is 0 Å². The van der Waals surface area contributed by atoms with Gasteiger partial charge in [0.15, 0.2) is 5.16 Å². The number of nitrogens with zero attached hydrogens (tertiary/aromatic N) is 4. The Morgan fingerprint density at radius 2 is 1.92 bits per heavy atom. The summed E-state index contributed by atoms with van der Waals surface area (Å²) in [5.41, 5.74) is 3.58. The van der Waals surface area contributed by atoms with Crippen molar-refractivity contribution in [3.8, 4) is 10.6 Å². The van der Waals surface area contributed by atoms with E-state index in [4.69, 9.17) is 4.98 Å². The van der Waals surface area contributed by atoms with Gasteiger partial charge in [-0.05, 0) is 26.7 Å². The first-order valence-electron chi connectivity index (χ1n) is 9.32. The number of benzene rings is 1. The van der Waals surface area contributed by atoms with Crippen LogP contribution in [0, 0.1) is 6.92 Å². The molecule has 4 rings (SSSR count). The summed E-state index contributed by atoms with van der Waals surface area (Å²) in [6.45, 7) is 5.23. The summed E-state index contributed by atoms with van der Waals surface area (Å²) in [4.78, 5) is 4.81. The maximum atomic E-state index is 4.81. The molecule has 0 unspecified atom stereocenters. The van der Waals surface area contributed by atoms with Gasteiger partial charge in [-0.2, -0.15) is 0 Å². The highest BCUT2D eigenvalue weighted by Crippen LogP contribution is 2.35. The highest BCUT2D eigenvalue weighted by atomic mass is 32.2. The number of rotatable bonds is 6. The van der Waals surface area contributed by atoms with Gasteiger partial charge in [0.05, 0.1) is 5.69 Å². The Labute approximate surface area is 163 Å². The molecule has 0 N–H and O–H groups in total. The number of aromatic nitrogens is 4. The van der Waals surface area contributed by atoms with Crippen LogP contribution in [0.25, 0.3) is 10.6 Å². The van der Waals surface area contributed by atoms with E-state index >= 15 is 0 Å². The Kier molecular flexibility index (Phi) is 5.41. The third-order valence-corrected chi connectivity index (χ3v) is 6.92. The quantitative estimate of drug-likeness (QED) is 0.513. The van der Waals surface area contributed by atoms with Gasteiger partial charge in [-0.1, -0.05) is 54.4 Å². The van der Waals surface area contributed by atoms with Gasteiger partial charge >= 0.3 is 0 Å². The van der Waals surface area contributed by atoms with Crippen molar-refractivity contribution in [1.29, 1.82) is 0 Å². The molecule has 0 bridgehead atoms. The van der Waals surface area contributed by atoms with Gasteiger partial charge in [0.2, 0.25) is 0 Å². The average Bonchev–Trinajstić information content (AvgIpc) is 3.40. The van der Waals surface area contributed by atoms with Crippen molar-refractivity contribution >= 4 is 23.1 Å². The zero-order valence-electron chi connectivity index (χ0n) is 15.3. The summed E-state index contributed by atoms with van der Waals surface area (Å²) < 4.78 is 2.30. The molecule has 2 heterocycles. The third kappa shape index (κ3) is 3.71. The second-order valence-corrected chi connectivity index (χ2v) is 8.67. The highest BCUT2D eigenvalue weighted by molar-refractivity contribution is 7.98. The fourth-order valence-corrected chi connectivity index (χ4v) is 5.36. The van der Waals surface area contributed by atoms with Crippen LogP contribution in [0.4, 0.5) is 0 Å². The maximum Gasteiger partial charge on any atom is 0.191 e. The second kappa shape index (κ2) is 7.92. The summed E-state index contributed by atoms with van der Waals surface area (Å²) in [5, 5.41) is 13.3. The molecule has 1 saturated carbocycles. The first kappa shape index (κ1) is 17.7. The van der Waals surface area contributed by atoms with Gasteiger partial charge < -0.3 is 4.57 Å². The van der Waals surface area contributed by atoms with E-state index in [0.717, 1.165) is 28.2 Å². The van der Waals surface area contributed by atoms with E-state index < -0.39 is 0 Å². The van der Waals surface area contributed by atoms with Crippen LogP contribution in [-0.2, 0) is 12.3 Å². The van der Waals surface area contributed by atoms with Gasteiger partial charge in [0, 0.05) is 29.2 Å². The zero-order valence-corrected chi connectivity index (χ0v) is 16.9. The molecule has 4 nitrogen and oxygen atoms in total. The van der Waals surface area contributed by atoms with Crippen molar-refractivity contribution in [1.82, 2.24) is 19.7 Å². The van der Waals surface area contributed by atoms with Crippen molar-refractivity contribution in [3.63, 3.8) is 0 Å². The van der Waals surface area contributed by atoms with E-state index in [1.54, 1.807) is 23.1 Å². The Bertz CT molecular complexity index is 860. The van der Waals surface area contributed by atoms with Crippen molar-refractivity contribution in [2.24, 2.45) is 0 Å². The molecule has 136 valence electrons. The highest BCUT2D eigenvalue weighted by Gasteiger charge is 2.24. The van der Waals surface area contributed by atoms with Crippen LogP contribution in [0.15, 0.2) is 34.8 Å². The molecule has 1 fully saturated rings. The lowest BCUT2D eigenvalue weighted by Crippen LogP contribution is -2.06. The van der Waals surface area contributed by atoms with E-state index in [0.29, 0.717) is 5.92 Å². The minimum Gasteiger partial charge on any atom is -0.306 e. The fourth-order valence-electron chi connectivity index (χ4n) is 3.53. The lowest BCUT2D eigenvalue weighted by molar-refractivity contribution is 0.576. The van der Waals surface area contributed by atoms with Crippen LogP contribution in [0.1, 0.15) is 55.6 Å². The smallest absolute Gasteiger partial charge is 0.191 e. The Morgan fingerprint density at radius 3 is 2.65 bits per heavy atom. The number of hydrogen-bond donors (Lipinski definition) is 0. The van der Waals surface area contributed by atoms with Crippen molar-refractivity contribution in [3.05, 3.63) is 46.7 Å². The minimum atomic E-state index is 0.601. The van der Waals surface area contributed by atoms with Gasteiger partial charge in [0.1, 0.15) is 10.8 Å². The van der Waals surface area contributed by atoms with Crippen molar-refractivity contribution in [2.45, 2.75) is 62.9 Å². The number of aryl methyl sites for hydroxylation is 1. The lowest BCUT2D eigenvalue weighted by atomic mass is 10.1. The van der Waals surface area contributed by atoms with Crippen LogP contribution < -0.4 is 0 Å². The van der Waals surface area contributed by atoms with E-state index in [9.17, 15) is 0 Å². The second-order valence-electron chi connectivity index (χ2n) is 6.87. The molecular weight excluding hydrogens is 360 g/mol. The number of hydrogen-bond acceptors (Lipinski definition) is 5. The van der Waals surface area contributed by atoms with E-state index in [1.165, 1.54) is 42.6 Å². The largest absolute Gasteiger partial charge is 0.306 e. The molecule has 6 heteroatoms. The van der Waals surface area contributed by atoms with Gasteiger partial charge in [-0.3, -0.25) is 0 Å². The first-order valence-corrected chi connectivity index (χ1v) is 11.2. The summed E-state index contributed by atoms with van der Waals surface area (Å²) >= 11 is 3.46. The summed E-state index contributed by atoms with van der Waals surface area (Å²) in [6.07, 6.45) is 5.16. The van der Waals surface area contributed by atoms with Gasteiger partial charge in [-0.25, -0.2) is 4.98 Å². The fraction of sp³-hybridized carbons (Fsp3) is 0.450. The van der Waals surface area contributed by atoms with Crippen molar-refractivity contribution < 1.29 is 0 Å². The molecule has 2 aromatic heterocycles. The maximum absolute atomic E-state index is 4.81. The van der Waals surface area contributed by atoms with Crippen LogP contribution in [0.5, 0.6) is 0 Å². The van der Waals surface area contributed by atoms with Gasteiger partial charge in [-0.15, -0.1) is 21.5 Å². The molecule has 0 radical (unpaired) electrons. The molecule has 1 aliphatic carbocycles. The molecule has 0 spiro atoms. The van der Waals surface area contributed by atoms with Crippen LogP contribution in [0.2, 0.25) is 0 Å². The molecule has 0 saturated heterocycles. The topological polar surface area (TPSA) is 43.6 Å². The SMILES string of the molecule is CCn1c(SCc2csc(-c3ccc(C)cc3)n2)nnc1C1CCCC1. The summed E-state index contributed by atoms with van der Waals surface area (Å²) in [7, 11) is 0. The molecule has 0 atom stereocenters. The molecule has 0 aliphatic heterocycles. The molecule has 1 aromatic carbocycles. The first-order chi connectivity index (χ1) is 12.7. The lowest BCUT2D eigenvalue weighted by Gasteiger charge is -2.11. The molecular formula is C20H24N4S2. The zero-order chi connectivity index (χ0) is 17.9. The van der Waals surface area contributed by atoms with Gasteiger partial charge in [0.25, 0.3) is 0 Å². The van der Waals surface area contributed by atoms with Crippen LogP contribution in [-0.4, -0.2) is 19.7 Å². The Hall–Kier alpha value is -1.66.